The van der Waals surface area contributed by atoms with Crippen molar-refractivity contribution in [3.05, 3.63) is 22.1 Å². The number of aromatic nitrogens is 2. The topological polar surface area (TPSA) is 37.8 Å². The third-order valence-electron chi connectivity index (χ3n) is 1.21. The molecule has 0 bridgehead atoms. The van der Waals surface area contributed by atoms with E-state index in [9.17, 15) is 4.79 Å². The fraction of sp³-hybridized carbons (Fsp3) is 0.333. The Morgan fingerprint density at radius 2 is 2.45 bits per heavy atom. The van der Waals surface area contributed by atoms with Gasteiger partial charge in [0.25, 0.3) is 5.56 Å². The molecule has 0 spiro atoms. The van der Waals surface area contributed by atoms with E-state index in [0.717, 1.165) is 5.69 Å². The van der Waals surface area contributed by atoms with Gasteiger partial charge in [-0.2, -0.15) is 0 Å². The monoisotopic (exact) mass is 188 g/mol. The van der Waals surface area contributed by atoms with Crippen molar-refractivity contribution in [2.75, 3.05) is 6.26 Å². The molecule has 60 valence electrons. The summed E-state index contributed by atoms with van der Waals surface area (Å²) < 4.78 is 1.90. The molecule has 5 heteroatoms. The Balaban J connectivity index is 3.13. The van der Waals surface area contributed by atoms with Crippen LogP contribution in [0.4, 0.5) is 0 Å². The van der Waals surface area contributed by atoms with Gasteiger partial charge in [-0.1, -0.05) is 24.0 Å². The number of rotatable bonds is 0. The van der Waals surface area contributed by atoms with Crippen molar-refractivity contribution in [1.82, 2.24) is 9.78 Å². The van der Waals surface area contributed by atoms with E-state index in [1.807, 2.05) is 13.2 Å². The Hall–Kier alpha value is -0.550. The molecule has 11 heavy (non-hydrogen) atoms. The number of aromatic amines is 1. The van der Waals surface area contributed by atoms with E-state index >= 15 is 0 Å². The van der Waals surface area contributed by atoms with E-state index in [0.29, 0.717) is 4.32 Å². The van der Waals surface area contributed by atoms with Crippen molar-refractivity contribution in [3.8, 4) is 0 Å². The van der Waals surface area contributed by atoms with Gasteiger partial charge in [-0.25, -0.2) is 4.68 Å². The number of aryl methyl sites for hydroxylation is 1. The lowest BCUT2D eigenvalue weighted by Crippen LogP contribution is -2.20. The number of thioether (sulfide) groups is 1. The normalized spacial score (nSPS) is 10.0. The van der Waals surface area contributed by atoms with Gasteiger partial charge in [-0.05, 0) is 13.2 Å². The minimum atomic E-state index is -0.0955. The van der Waals surface area contributed by atoms with Gasteiger partial charge >= 0.3 is 0 Å². The molecule has 0 aliphatic carbocycles. The number of nitrogens with zero attached hydrogens (tertiary/aromatic N) is 1. The SMILES string of the molecule is CSC(=S)n1[nH]c(C)cc1=O. The molecule has 0 saturated heterocycles. The Morgan fingerprint density at radius 1 is 1.82 bits per heavy atom. The van der Waals surface area contributed by atoms with Crippen LogP contribution in [-0.4, -0.2) is 20.4 Å². The summed E-state index contributed by atoms with van der Waals surface area (Å²) in [5.41, 5.74) is 0.730. The molecule has 0 fully saturated rings. The van der Waals surface area contributed by atoms with Crippen LogP contribution >= 0.6 is 24.0 Å². The molecule has 1 aromatic heterocycles. The van der Waals surface area contributed by atoms with Crippen molar-refractivity contribution in [3.63, 3.8) is 0 Å². The molecule has 3 nitrogen and oxygen atoms in total. The molecule has 0 radical (unpaired) electrons. The maximum atomic E-state index is 11.1. The summed E-state index contributed by atoms with van der Waals surface area (Å²) in [5, 5.41) is 2.84. The second kappa shape index (κ2) is 3.23. The summed E-state index contributed by atoms with van der Waals surface area (Å²) >= 11 is 6.29. The zero-order valence-corrected chi connectivity index (χ0v) is 7.88. The third-order valence-corrected chi connectivity index (χ3v) is 2.42. The van der Waals surface area contributed by atoms with E-state index in [4.69, 9.17) is 12.2 Å². The lowest BCUT2D eigenvalue weighted by Gasteiger charge is -1.97. The van der Waals surface area contributed by atoms with Crippen molar-refractivity contribution >= 4 is 28.3 Å². The molecule has 0 aliphatic rings. The smallest absolute Gasteiger partial charge is 0.272 e. The standard InChI is InChI=1S/C6H8N2OS2/c1-4-3-5(9)8(7-4)6(10)11-2/h3,7H,1-2H3. The van der Waals surface area contributed by atoms with E-state index in [2.05, 4.69) is 5.10 Å². The van der Waals surface area contributed by atoms with Crippen LogP contribution in [0.3, 0.4) is 0 Å². The van der Waals surface area contributed by atoms with Crippen LogP contribution in [0.2, 0.25) is 0 Å². The maximum Gasteiger partial charge on any atom is 0.272 e. The minimum absolute atomic E-state index is 0.0955. The summed E-state index contributed by atoms with van der Waals surface area (Å²) in [7, 11) is 0. The Bertz CT molecular complexity index is 326. The molecule has 1 N–H and O–H groups in total. The van der Waals surface area contributed by atoms with Crippen molar-refractivity contribution in [1.29, 1.82) is 0 Å². The number of nitrogens with one attached hydrogen (secondary N) is 1. The fourth-order valence-corrected chi connectivity index (χ4v) is 1.19. The number of hydrogen-bond acceptors (Lipinski definition) is 3. The first-order valence-electron chi connectivity index (χ1n) is 3.02. The molecular weight excluding hydrogens is 180 g/mol. The molecule has 0 atom stereocenters. The van der Waals surface area contributed by atoms with Crippen molar-refractivity contribution < 1.29 is 0 Å². The van der Waals surface area contributed by atoms with Gasteiger partial charge < -0.3 is 0 Å². The summed E-state index contributed by atoms with van der Waals surface area (Å²) in [6, 6.07) is 1.52. The summed E-state index contributed by atoms with van der Waals surface area (Å²) in [4.78, 5) is 11.1. The lowest BCUT2D eigenvalue weighted by atomic mass is 10.5. The zero-order valence-electron chi connectivity index (χ0n) is 6.25. The van der Waals surface area contributed by atoms with Crippen LogP contribution in [0.25, 0.3) is 0 Å². The van der Waals surface area contributed by atoms with Crippen LogP contribution in [0, 0.1) is 6.92 Å². The zero-order chi connectivity index (χ0) is 8.43. The highest BCUT2D eigenvalue weighted by Crippen LogP contribution is 1.98. The molecule has 0 aromatic carbocycles. The molecule has 0 amide bonds. The van der Waals surface area contributed by atoms with E-state index in [1.165, 1.54) is 22.5 Å². The van der Waals surface area contributed by atoms with E-state index in [-0.39, 0.29) is 5.56 Å². The minimum Gasteiger partial charge on any atom is -0.294 e. The van der Waals surface area contributed by atoms with Gasteiger partial charge in [0.1, 0.15) is 0 Å². The average molecular weight is 188 g/mol. The van der Waals surface area contributed by atoms with Crippen LogP contribution in [0.5, 0.6) is 0 Å². The Kier molecular flexibility index (Phi) is 2.51. The van der Waals surface area contributed by atoms with Gasteiger partial charge in [0.05, 0.1) is 0 Å². The van der Waals surface area contributed by atoms with Crippen LogP contribution in [-0.2, 0) is 0 Å². The largest absolute Gasteiger partial charge is 0.294 e. The van der Waals surface area contributed by atoms with E-state index < -0.39 is 0 Å². The highest BCUT2D eigenvalue weighted by molar-refractivity contribution is 8.22. The van der Waals surface area contributed by atoms with Crippen molar-refractivity contribution in [2.24, 2.45) is 0 Å². The second-order valence-electron chi connectivity index (χ2n) is 2.08. The predicted molar refractivity (Wildman–Crippen MR) is 51.3 cm³/mol. The van der Waals surface area contributed by atoms with Gasteiger partial charge in [-0.15, -0.1) is 0 Å². The summed E-state index contributed by atoms with van der Waals surface area (Å²) in [6.07, 6.45) is 1.84. The quantitative estimate of drug-likeness (QED) is 0.617. The summed E-state index contributed by atoms with van der Waals surface area (Å²) in [5.74, 6) is 0. The first-order chi connectivity index (χ1) is 5.15. The van der Waals surface area contributed by atoms with Gasteiger partial charge in [-0.3, -0.25) is 9.89 Å². The van der Waals surface area contributed by atoms with Gasteiger partial charge in [0.2, 0.25) is 0 Å². The van der Waals surface area contributed by atoms with Crippen LogP contribution in [0.1, 0.15) is 5.69 Å². The van der Waals surface area contributed by atoms with E-state index in [1.54, 1.807) is 0 Å². The third kappa shape index (κ3) is 1.72. The van der Waals surface area contributed by atoms with Gasteiger partial charge in [0.15, 0.2) is 4.32 Å². The molecule has 0 saturated carbocycles. The van der Waals surface area contributed by atoms with Gasteiger partial charge in [0, 0.05) is 11.8 Å². The second-order valence-corrected chi connectivity index (χ2v) is 3.52. The molecular formula is C6H8N2OS2. The lowest BCUT2D eigenvalue weighted by molar-refractivity contribution is 0.910. The average Bonchev–Trinajstić information content (AvgIpc) is 2.28. The molecule has 1 heterocycles. The number of hydrogen-bond donors (Lipinski definition) is 1. The van der Waals surface area contributed by atoms with Crippen LogP contribution < -0.4 is 5.56 Å². The highest BCUT2D eigenvalue weighted by Gasteiger charge is 2.02. The molecule has 0 aliphatic heterocycles. The Morgan fingerprint density at radius 3 is 2.82 bits per heavy atom. The Labute approximate surface area is 73.8 Å². The maximum absolute atomic E-state index is 11.1. The summed E-state index contributed by atoms with van der Waals surface area (Å²) in [6.45, 7) is 1.82. The fourth-order valence-electron chi connectivity index (χ4n) is 0.740. The number of H-pyrrole nitrogens is 1. The molecule has 1 rings (SSSR count). The highest BCUT2D eigenvalue weighted by atomic mass is 32.2. The van der Waals surface area contributed by atoms with Crippen LogP contribution in [0.15, 0.2) is 10.9 Å². The first kappa shape index (κ1) is 8.55. The number of thiocarbonyl (C=S) groups is 1. The van der Waals surface area contributed by atoms with Crippen molar-refractivity contribution in [2.45, 2.75) is 6.92 Å². The first-order valence-corrected chi connectivity index (χ1v) is 4.65. The predicted octanol–water partition coefficient (Wildman–Crippen LogP) is 0.981. The molecule has 1 aromatic rings. The molecule has 0 unspecified atom stereocenters.